The van der Waals surface area contributed by atoms with Crippen LogP contribution >= 0.6 is 0 Å². The highest BCUT2D eigenvalue weighted by molar-refractivity contribution is 5.39. The van der Waals surface area contributed by atoms with Gasteiger partial charge in [0.05, 0.1) is 5.70 Å². The fraction of sp³-hybridized carbons (Fsp3) is 0.526. The van der Waals surface area contributed by atoms with Gasteiger partial charge in [-0.25, -0.2) is 0 Å². The van der Waals surface area contributed by atoms with Crippen LogP contribution in [0.2, 0.25) is 0 Å². The smallest absolute Gasteiger partial charge is 0.419 e. The van der Waals surface area contributed by atoms with Gasteiger partial charge in [0.1, 0.15) is 12.4 Å². The van der Waals surface area contributed by atoms with Gasteiger partial charge >= 0.3 is 6.18 Å². The monoisotopic (exact) mass is 369 g/mol. The van der Waals surface area contributed by atoms with Gasteiger partial charge < -0.3 is 15.8 Å². The zero-order chi connectivity index (χ0) is 19.6. The average molecular weight is 369 g/mol. The zero-order valence-electron chi connectivity index (χ0n) is 15.5. The number of dihydropyridines is 1. The van der Waals surface area contributed by atoms with E-state index in [1.165, 1.54) is 30.6 Å². The third-order valence-corrected chi connectivity index (χ3v) is 4.25. The number of nitrogens with zero attached hydrogens (tertiary/aromatic N) is 1. The lowest BCUT2D eigenvalue weighted by atomic mass is 9.86. The van der Waals surface area contributed by atoms with E-state index in [0.717, 1.165) is 12.5 Å². The highest BCUT2D eigenvalue weighted by atomic mass is 19.4. The van der Waals surface area contributed by atoms with E-state index in [2.05, 4.69) is 24.1 Å². The third kappa shape index (κ3) is 4.38. The molecule has 2 rings (SSSR count). The second-order valence-electron chi connectivity index (χ2n) is 7.53. The number of aromatic nitrogens is 1. The van der Waals surface area contributed by atoms with Crippen LogP contribution < -0.4 is 11.1 Å². The number of hydrogen-bond acceptors (Lipinski definition) is 4. The minimum atomic E-state index is -4.53. The van der Waals surface area contributed by atoms with Crippen LogP contribution in [0.3, 0.4) is 0 Å². The lowest BCUT2D eigenvalue weighted by Gasteiger charge is -2.38. The van der Waals surface area contributed by atoms with Crippen LogP contribution in [0.1, 0.15) is 39.7 Å². The summed E-state index contributed by atoms with van der Waals surface area (Å²) in [6, 6.07) is 2.70. The van der Waals surface area contributed by atoms with Crippen molar-refractivity contribution in [2.75, 3.05) is 6.61 Å². The summed E-state index contributed by atoms with van der Waals surface area (Å²) in [7, 11) is 0. The minimum Gasteiger partial charge on any atom is -0.490 e. The maximum atomic E-state index is 13.9. The molecule has 26 heavy (non-hydrogen) atoms. The Kier molecular flexibility index (Phi) is 5.70. The molecule has 1 aliphatic rings. The summed E-state index contributed by atoms with van der Waals surface area (Å²) >= 11 is 0. The van der Waals surface area contributed by atoms with Crippen molar-refractivity contribution < 1.29 is 17.9 Å². The molecule has 0 spiro atoms. The molecular formula is C19H26F3N3O. The molecule has 1 aromatic rings. The van der Waals surface area contributed by atoms with Crippen LogP contribution in [0.25, 0.3) is 0 Å². The standard InChI is InChI=1S/C19H26F3N3O/c1-13(2)11-17(4,23)12-26-16-5-8-18(19(20,21)22,25-14(16)3)15-6-9-24-10-7-15/h5-10,13,25H,11-12,23H2,1-4H3. The summed E-state index contributed by atoms with van der Waals surface area (Å²) < 4.78 is 47.4. The van der Waals surface area contributed by atoms with E-state index in [-0.39, 0.29) is 12.2 Å². The molecule has 0 saturated carbocycles. The molecule has 2 unspecified atom stereocenters. The van der Waals surface area contributed by atoms with E-state index < -0.39 is 17.3 Å². The molecule has 7 heteroatoms. The first-order valence-electron chi connectivity index (χ1n) is 8.54. The summed E-state index contributed by atoms with van der Waals surface area (Å²) in [6.45, 7) is 7.78. The van der Waals surface area contributed by atoms with E-state index in [1.54, 1.807) is 6.92 Å². The molecule has 0 bridgehead atoms. The van der Waals surface area contributed by atoms with Gasteiger partial charge in [-0.15, -0.1) is 0 Å². The van der Waals surface area contributed by atoms with E-state index >= 15 is 0 Å². The number of alkyl halides is 3. The predicted molar refractivity (Wildman–Crippen MR) is 94.9 cm³/mol. The summed E-state index contributed by atoms with van der Waals surface area (Å²) in [5.41, 5.74) is 3.72. The van der Waals surface area contributed by atoms with Crippen LogP contribution in [0.5, 0.6) is 0 Å². The molecule has 0 aromatic carbocycles. The number of ether oxygens (including phenoxy) is 1. The Bertz CT molecular complexity index is 681. The second kappa shape index (κ2) is 7.31. The highest BCUT2D eigenvalue weighted by Gasteiger charge is 2.55. The second-order valence-corrected chi connectivity index (χ2v) is 7.53. The Morgan fingerprint density at radius 2 is 1.88 bits per heavy atom. The fourth-order valence-corrected chi connectivity index (χ4v) is 3.23. The Labute approximate surface area is 152 Å². The van der Waals surface area contributed by atoms with Crippen molar-refractivity contribution in [2.24, 2.45) is 11.7 Å². The number of pyridine rings is 1. The van der Waals surface area contributed by atoms with Crippen molar-refractivity contribution in [3.05, 3.63) is 53.7 Å². The molecule has 2 atom stereocenters. The van der Waals surface area contributed by atoms with Crippen molar-refractivity contribution in [2.45, 2.75) is 51.4 Å². The number of nitrogens with one attached hydrogen (secondary N) is 1. The van der Waals surface area contributed by atoms with Crippen molar-refractivity contribution in [1.82, 2.24) is 10.3 Å². The first kappa shape index (κ1) is 20.3. The Hall–Kier alpha value is -2.02. The number of hydrogen-bond donors (Lipinski definition) is 2. The maximum Gasteiger partial charge on any atom is 0.419 e. The average Bonchev–Trinajstić information content (AvgIpc) is 2.52. The molecule has 0 fully saturated rings. The van der Waals surface area contributed by atoms with E-state index in [0.29, 0.717) is 17.4 Å². The molecule has 1 aliphatic heterocycles. The molecule has 2 heterocycles. The van der Waals surface area contributed by atoms with Gasteiger partial charge in [-0.2, -0.15) is 13.2 Å². The molecule has 1 aromatic heterocycles. The molecular weight excluding hydrogens is 343 g/mol. The molecule has 0 amide bonds. The van der Waals surface area contributed by atoms with Crippen LogP contribution in [0, 0.1) is 5.92 Å². The normalized spacial score (nSPS) is 23.0. The highest BCUT2D eigenvalue weighted by Crippen LogP contribution is 2.43. The Morgan fingerprint density at radius 3 is 2.38 bits per heavy atom. The van der Waals surface area contributed by atoms with Crippen molar-refractivity contribution in [3.63, 3.8) is 0 Å². The minimum absolute atomic E-state index is 0.0677. The Morgan fingerprint density at radius 1 is 1.27 bits per heavy atom. The lowest BCUT2D eigenvalue weighted by Crippen LogP contribution is -2.53. The number of nitrogens with two attached hydrogens (primary N) is 1. The quantitative estimate of drug-likeness (QED) is 0.795. The summed E-state index contributed by atoms with van der Waals surface area (Å²) in [6.07, 6.45) is 1.36. The van der Waals surface area contributed by atoms with E-state index in [9.17, 15) is 13.2 Å². The number of rotatable bonds is 6. The third-order valence-electron chi connectivity index (χ3n) is 4.25. The van der Waals surface area contributed by atoms with E-state index in [1.807, 2.05) is 6.92 Å². The van der Waals surface area contributed by atoms with Crippen LogP contribution in [0.4, 0.5) is 13.2 Å². The van der Waals surface area contributed by atoms with Gasteiger partial charge in [0.2, 0.25) is 0 Å². The zero-order valence-corrected chi connectivity index (χ0v) is 15.5. The summed E-state index contributed by atoms with van der Waals surface area (Å²) in [5, 5.41) is 2.59. The first-order chi connectivity index (χ1) is 12.0. The largest absolute Gasteiger partial charge is 0.490 e. The predicted octanol–water partition coefficient (Wildman–Crippen LogP) is 4.01. The maximum absolute atomic E-state index is 13.9. The first-order valence-corrected chi connectivity index (χ1v) is 8.54. The summed E-state index contributed by atoms with van der Waals surface area (Å²) in [5.74, 6) is 0.757. The van der Waals surface area contributed by atoms with Gasteiger partial charge in [0, 0.05) is 17.9 Å². The lowest BCUT2D eigenvalue weighted by molar-refractivity contribution is -0.183. The Balaban J connectivity index is 2.23. The SMILES string of the molecule is CC1=C(OCC(C)(N)CC(C)C)C=CC(c2ccncc2)(C(F)(F)F)N1. The van der Waals surface area contributed by atoms with Gasteiger partial charge in [0.25, 0.3) is 0 Å². The van der Waals surface area contributed by atoms with Gasteiger partial charge in [-0.05, 0) is 56.0 Å². The van der Waals surface area contributed by atoms with Crippen molar-refractivity contribution in [3.8, 4) is 0 Å². The van der Waals surface area contributed by atoms with Crippen molar-refractivity contribution >= 4 is 0 Å². The molecule has 0 radical (unpaired) electrons. The number of halogens is 3. The van der Waals surface area contributed by atoms with Crippen LogP contribution in [0.15, 0.2) is 48.1 Å². The van der Waals surface area contributed by atoms with Gasteiger partial charge in [0.15, 0.2) is 5.54 Å². The molecule has 144 valence electrons. The van der Waals surface area contributed by atoms with Gasteiger partial charge in [-0.3, -0.25) is 4.98 Å². The van der Waals surface area contributed by atoms with Crippen molar-refractivity contribution in [1.29, 1.82) is 0 Å². The topological polar surface area (TPSA) is 60.2 Å². The molecule has 0 saturated heterocycles. The molecule has 3 N–H and O–H groups in total. The van der Waals surface area contributed by atoms with Crippen LogP contribution in [-0.4, -0.2) is 23.3 Å². The number of allylic oxidation sites excluding steroid dienone is 2. The van der Waals surface area contributed by atoms with Crippen LogP contribution in [-0.2, 0) is 10.3 Å². The summed E-state index contributed by atoms with van der Waals surface area (Å²) in [4.78, 5) is 3.80. The van der Waals surface area contributed by atoms with Gasteiger partial charge in [-0.1, -0.05) is 13.8 Å². The molecule has 0 aliphatic carbocycles. The molecule has 4 nitrogen and oxygen atoms in total. The fourth-order valence-electron chi connectivity index (χ4n) is 3.23. The van der Waals surface area contributed by atoms with E-state index in [4.69, 9.17) is 10.5 Å².